The van der Waals surface area contributed by atoms with Gasteiger partial charge in [0.05, 0.1) is 36.2 Å². The SMILES string of the molecule is C[C@]12Cc3cnn(-c4ccc(F)cc4)c3C=C1CC[C@@H]1[C@@H]2[C@@H](O)C[C@@]2(C)[C@H]1CC[C@]2(OC(=O)C1CCOCC1)C(=O)SCCO. The van der Waals surface area contributed by atoms with E-state index in [4.69, 9.17) is 9.47 Å². The highest BCUT2D eigenvalue weighted by molar-refractivity contribution is 8.13. The van der Waals surface area contributed by atoms with Crippen LogP contribution in [-0.2, 0) is 25.5 Å². The zero-order valence-corrected chi connectivity index (χ0v) is 26.9. The zero-order valence-electron chi connectivity index (χ0n) is 26.0. The second kappa shape index (κ2) is 11.6. The summed E-state index contributed by atoms with van der Waals surface area (Å²) in [6.07, 6.45) is 8.64. The van der Waals surface area contributed by atoms with Crippen molar-refractivity contribution >= 4 is 28.9 Å². The van der Waals surface area contributed by atoms with Gasteiger partial charge in [-0.3, -0.25) is 9.59 Å². The molecule has 0 radical (unpaired) electrons. The number of aliphatic hydroxyl groups excluding tert-OH is 2. The fourth-order valence-corrected chi connectivity index (χ4v) is 10.8. The van der Waals surface area contributed by atoms with Crippen LogP contribution in [0.15, 0.2) is 36.0 Å². The van der Waals surface area contributed by atoms with E-state index in [0.717, 1.165) is 54.4 Å². The summed E-state index contributed by atoms with van der Waals surface area (Å²) in [5, 5.41) is 26.2. The van der Waals surface area contributed by atoms with Crippen molar-refractivity contribution in [3.63, 3.8) is 0 Å². The molecule has 45 heavy (non-hydrogen) atoms. The Bertz CT molecular complexity index is 1500. The Balaban J connectivity index is 1.20. The Morgan fingerprint density at radius 3 is 2.64 bits per heavy atom. The number of esters is 1. The van der Waals surface area contributed by atoms with Gasteiger partial charge in [-0.1, -0.05) is 31.2 Å². The molecular weight excluding hydrogens is 595 g/mol. The Morgan fingerprint density at radius 2 is 1.91 bits per heavy atom. The minimum atomic E-state index is -1.34. The molecule has 2 N–H and O–H groups in total. The van der Waals surface area contributed by atoms with Crippen LogP contribution in [0.2, 0.25) is 0 Å². The second-order valence-corrected chi connectivity index (χ2v) is 15.3. The topological polar surface area (TPSA) is 111 Å². The molecule has 3 saturated carbocycles. The highest BCUT2D eigenvalue weighted by Crippen LogP contribution is 2.69. The van der Waals surface area contributed by atoms with Crippen molar-refractivity contribution in [3.05, 3.63) is 53.1 Å². The molecule has 1 aromatic carbocycles. The van der Waals surface area contributed by atoms with E-state index < -0.39 is 17.1 Å². The van der Waals surface area contributed by atoms with Crippen LogP contribution in [0.1, 0.15) is 70.1 Å². The second-order valence-electron chi connectivity index (χ2n) is 14.3. The predicted molar refractivity (Wildman–Crippen MR) is 168 cm³/mol. The highest BCUT2D eigenvalue weighted by atomic mass is 32.2. The van der Waals surface area contributed by atoms with Crippen LogP contribution in [-0.4, -0.2) is 68.4 Å². The first-order chi connectivity index (χ1) is 21.6. The number of halogens is 1. The molecular formula is C35H43FN2O6S. The van der Waals surface area contributed by atoms with Crippen LogP contribution in [0, 0.1) is 40.3 Å². The van der Waals surface area contributed by atoms with E-state index in [1.54, 1.807) is 12.1 Å². The fourth-order valence-electron chi connectivity index (χ4n) is 9.95. The van der Waals surface area contributed by atoms with E-state index in [0.29, 0.717) is 38.9 Å². The summed E-state index contributed by atoms with van der Waals surface area (Å²) in [7, 11) is 0. The summed E-state index contributed by atoms with van der Waals surface area (Å²) in [5.74, 6) is -0.435. The number of nitrogens with zero attached hydrogens (tertiary/aromatic N) is 2. The molecule has 4 aliphatic carbocycles. The molecule has 0 amide bonds. The zero-order chi connectivity index (χ0) is 31.6. The standard InChI is InChI=1S/C35H43FN2O6S/c1-33-18-22-20-37-38(25-6-4-24(36)5-7-25)28(22)17-23(33)3-8-26-27-9-12-35(32(42)45-16-13-39,34(27,2)19-29(40)30(26)33)44-31(41)21-10-14-43-15-11-21/h4-7,17,20-21,26-27,29-30,39-40H,3,8-16,18-19H2,1-2H3/t26-,27-,29-,30+,33-,34-,35-/m0/s1. The van der Waals surface area contributed by atoms with E-state index in [2.05, 4.69) is 25.0 Å². The average molecular weight is 639 g/mol. The molecule has 242 valence electrons. The molecule has 10 heteroatoms. The number of hydrogen-bond donors (Lipinski definition) is 2. The molecule has 0 bridgehead atoms. The molecule has 1 saturated heterocycles. The summed E-state index contributed by atoms with van der Waals surface area (Å²) in [6, 6.07) is 6.36. The lowest BCUT2D eigenvalue weighted by atomic mass is 9.45. The van der Waals surface area contributed by atoms with Gasteiger partial charge < -0.3 is 19.7 Å². The van der Waals surface area contributed by atoms with E-state index in [1.165, 1.54) is 17.7 Å². The van der Waals surface area contributed by atoms with Crippen LogP contribution < -0.4 is 0 Å². The summed E-state index contributed by atoms with van der Waals surface area (Å²) in [5.41, 5.74) is 1.87. The lowest BCUT2D eigenvalue weighted by Gasteiger charge is -2.60. The van der Waals surface area contributed by atoms with Gasteiger partial charge in [0.1, 0.15) is 5.82 Å². The number of aromatic nitrogens is 2. The van der Waals surface area contributed by atoms with Crippen molar-refractivity contribution < 1.29 is 33.7 Å². The summed E-state index contributed by atoms with van der Waals surface area (Å²) in [6.45, 7) is 5.21. The van der Waals surface area contributed by atoms with E-state index in [-0.39, 0.29) is 58.3 Å². The van der Waals surface area contributed by atoms with Crippen LogP contribution in [0.3, 0.4) is 0 Å². The number of aliphatic hydroxyl groups is 2. The first-order valence-corrected chi connectivity index (χ1v) is 17.4. The van der Waals surface area contributed by atoms with Gasteiger partial charge in [0.15, 0.2) is 5.60 Å². The van der Waals surface area contributed by atoms with Gasteiger partial charge in [0, 0.05) is 24.4 Å². The monoisotopic (exact) mass is 638 g/mol. The number of hydrogen-bond acceptors (Lipinski definition) is 8. The van der Waals surface area contributed by atoms with Gasteiger partial charge in [-0.2, -0.15) is 5.10 Å². The molecule has 5 aliphatic rings. The normalized spacial score (nSPS) is 35.9. The Morgan fingerprint density at radius 1 is 1.16 bits per heavy atom. The number of carbonyl (C=O) groups excluding carboxylic acids is 2. The van der Waals surface area contributed by atoms with Gasteiger partial charge in [-0.05, 0) is 110 Å². The van der Waals surface area contributed by atoms with Gasteiger partial charge in [-0.25, -0.2) is 9.07 Å². The summed E-state index contributed by atoms with van der Waals surface area (Å²) < 4.78 is 27.4. The van der Waals surface area contributed by atoms with Gasteiger partial charge in [0.2, 0.25) is 5.12 Å². The number of ether oxygens (including phenoxy) is 2. The third-order valence-electron chi connectivity index (χ3n) is 12.1. The van der Waals surface area contributed by atoms with Crippen LogP contribution in [0.5, 0.6) is 0 Å². The Labute approximate surface area is 267 Å². The van der Waals surface area contributed by atoms with Crippen molar-refractivity contribution in [2.45, 2.75) is 76.9 Å². The predicted octanol–water partition coefficient (Wildman–Crippen LogP) is 5.13. The minimum Gasteiger partial charge on any atom is -0.449 e. The van der Waals surface area contributed by atoms with Gasteiger partial charge in [0.25, 0.3) is 0 Å². The average Bonchev–Trinajstić information content (AvgIpc) is 3.56. The Hall–Kier alpha value is -2.53. The Kier molecular flexibility index (Phi) is 8.02. The van der Waals surface area contributed by atoms with Crippen LogP contribution >= 0.6 is 11.8 Å². The molecule has 2 heterocycles. The molecule has 0 spiro atoms. The lowest BCUT2D eigenvalue weighted by molar-refractivity contribution is -0.200. The highest BCUT2D eigenvalue weighted by Gasteiger charge is 2.70. The smallest absolute Gasteiger partial charge is 0.310 e. The van der Waals surface area contributed by atoms with Crippen molar-refractivity contribution in [2.24, 2.45) is 34.5 Å². The number of fused-ring (bicyclic) bond motifs is 6. The number of allylic oxidation sites excluding steroid dienone is 1. The van der Waals surface area contributed by atoms with E-state index in [9.17, 15) is 24.2 Å². The molecule has 0 unspecified atom stereocenters. The quantitative estimate of drug-likeness (QED) is 0.420. The maximum Gasteiger partial charge on any atom is 0.310 e. The van der Waals surface area contributed by atoms with Crippen molar-refractivity contribution in [1.82, 2.24) is 9.78 Å². The molecule has 2 aromatic rings. The number of rotatable bonds is 6. The summed E-state index contributed by atoms with van der Waals surface area (Å²) in [4.78, 5) is 27.7. The number of thioether (sulfide) groups is 1. The molecule has 7 atom stereocenters. The molecule has 8 nitrogen and oxygen atoms in total. The van der Waals surface area contributed by atoms with Crippen molar-refractivity contribution in [2.75, 3.05) is 25.6 Å². The minimum absolute atomic E-state index is 0.0138. The molecule has 7 rings (SSSR count). The molecule has 4 fully saturated rings. The van der Waals surface area contributed by atoms with Crippen molar-refractivity contribution in [3.8, 4) is 5.69 Å². The first kappa shape index (κ1) is 31.1. The maximum atomic E-state index is 14.1. The van der Waals surface area contributed by atoms with Gasteiger partial charge >= 0.3 is 5.97 Å². The van der Waals surface area contributed by atoms with Gasteiger partial charge in [-0.15, -0.1) is 0 Å². The van der Waals surface area contributed by atoms with Crippen LogP contribution in [0.4, 0.5) is 4.39 Å². The third-order valence-corrected chi connectivity index (χ3v) is 13.1. The van der Waals surface area contributed by atoms with E-state index >= 15 is 0 Å². The third kappa shape index (κ3) is 4.85. The number of carbonyl (C=O) groups is 2. The summed E-state index contributed by atoms with van der Waals surface area (Å²) >= 11 is 1.05. The lowest BCUT2D eigenvalue weighted by Crippen LogP contribution is -2.62. The largest absolute Gasteiger partial charge is 0.449 e. The van der Waals surface area contributed by atoms with Crippen molar-refractivity contribution in [1.29, 1.82) is 0 Å². The number of benzene rings is 1. The molecule has 1 aromatic heterocycles. The molecule has 1 aliphatic heterocycles. The van der Waals surface area contributed by atoms with Crippen LogP contribution in [0.25, 0.3) is 11.8 Å². The van der Waals surface area contributed by atoms with E-state index in [1.807, 2.05) is 10.9 Å². The maximum absolute atomic E-state index is 14.1. The fraction of sp³-hybridized carbons (Fsp3) is 0.629. The first-order valence-electron chi connectivity index (χ1n) is 16.4.